The van der Waals surface area contributed by atoms with Crippen LogP contribution in [-0.2, 0) is 11.2 Å². The Morgan fingerprint density at radius 2 is 1.49 bits per heavy atom. The molecule has 0 unspecified atom stereocenters. The maximum absolute atomic E-state index is 12.5. The second kappa shape index (κ2) is 13.8. The summed E-state index contributed by atoms with van der Waals surface area (Å²) in [6.07, 6.45) is 0.0656. The number of hydrogen-bond acceptors (Lipinski definition) is 4. The topological polar surface area (TPSA) is 116 Å². The molecule has 0 bridgehead atoms. The van der Waals surface area contributed by atoms with Gasteiger partial charge in [-0.15, -0.1) is 0 Å². The zero-order valence-corrected chi connectivity index (χ0v) is 21.7. The van der Waals surface area contributed by atoms with Crippen molar-refractivity contribution in [2.24, 2.45) is 0 Å². The van der Waals surface area contributed by atoms with E-state index in [1.165, 1.54) is 0 Å². The molecule has 3 aromatic carbocycles. The minimum absolute atomic E-state index is 0.0656. The van der Waals surface area contributed by atoms with E-state index in [0.717, 1.165) is 0 Å². The molecule has 0 radical (unpaired) electrons. The van der Waals surface area contributed by atoms with Crippen molar-refractivity contribution in [1.29, 1.82) is 0 Å². The first-order valence-electron chi connectivity index (χ1n) is 10.4. The fraction of sp³-hybridized carbons (Fsp3) is 0.160. The van der Waals surface area contributed by atoms with Gasteiger partial charge in [0, 0.05) is 23.2 Å². The van der Waals surface area contributed by atoms with Gasteiger partial charge in [-0.2, -0.15) is 0 Å². The molecule has 0 aliphatic rings. The Bertz CT molecular complexity index is 1170. The van der Waals surface area contributed by atoms with Gasteiger partial charge < -0.3 is 20.8 Å². The average molecular weight is 582 g/mol. The number of rotatable bonds is 7. The summed E-state index contributed by atoms with van der Waals surface area (Å²) < 4.78 is 0.570. The molecule has 0 heterocycles. The van der Waals surface area contributed by atoms with E-state index in [4.69, 9.17) is 28.3 Å². The van der Waals surface area contributed by atoms with Crippen LogP contribution in [0.1, 0.15) is 33.2 Å². The number of amides is 2. The zero-order chi connectivity index (χ0) is 26.0. The predicted molar refractivity (Wildman–Crippen MR) is 140 cm³/mol. The van der Waals surface area contributed by atoms with Gasteiger partial charge >= 0.3 is 5.97 Å². The standard InChI is InChI=1S/C23H17BrCl2N2O4.C2H6O/c24-16-5-2-1-4-15(16)21(29)28-19(23(31)32)12-13-8-10-14(11-9-13)27-22(30)20-17(25)6-3-7-18(20)26;1-2-3/h1-11,19H,12H2,(H,27,30)(H,28,29)(H,31,32);3H,2H2,1H3/t19-;/m0./s1. The van der Waals surface area contributed by atoms with Crippen LogP contribution >= 0.6 is 39.1 Å². The largest absolute Gasteiger partial charge is 0.480 e. The molecule has 35 heavy (non-hydrogen) atoms. The average Bonchev–Trinajstić information content (AvgIpc) is 2.80. The number of aliphatic hydroxyl groups excluding tert-OH is 1. The first kappa shape index (κ1) is 28.3. The van der Waals surface area contributed by atoms with E-state index in [2.05, 4.69) is 26.6 Å². The van der Waals surface area contributed by atoms with Crippen molar-refractivity contribution < 1.29 is 24.6 Å². The lowest BCUT2D eigenvalue weighted by Gasteiger charge is -2.16. The number of hydrogen-bond donors (Lipinski definition) is 4. The van der Waals surface area contributed by atoms with Crippen molar-refractivity contribution in [3.05, 3.63) is 97.9 Å². The van der Waals surface area contributed by atoms with Gasteiger partial charge in [-0.1, -0.05) is 53.5 Å². The van der Waals surface area contributed by atoms with Crippen molar-refractivity contribution in [3.8, 4) is 0 Å². The monoisotopic (exact) mass is 580 g/mol. The fourth-order valence-electron chi connectivity index (χ4n) is 2.95. The minimum Gasteiger partial charge on any atom is -0.480 e. The molecule has 0 aliphatic heterocycles. The summed E-state index contributed by atoms with van der Waals surface area (Å²) in [4.78, 5) is 36.6. The highest BCUT2D eigenvalue weighted by Gasteiger charge is 2.22. The first-order valence-corrected chi connectivity index (χ1v) is 12.0. The van der Waals surface area contributed by atoms with Crippen molar-refractivity contribution in [3.63, 3.8) is 0 Å². The smallest absolute Gasteiger partial charge is 0.326 e. The van der Waals surface area contributed by atoms with Crippen LogP contribution < -0.4 is 10.6 Å². The van der Waals surface area contributed by atoms with Crippen molar-refractivity contribution in [1.82, 2.24) is 5.32 Å². The third-order valence-corrected chi connectivity index (χ3v) is 5.88. The molecule has 0 spiro atoms. The lowest BCUT2D eigenvalue weighted by atomic mass is 10.0. The number of nitrogens with one attached hydrogen (secondary N) is 2. The van der Waals surface area contributed by atoms with E-state index in [9.17, 15) is 19.5 Å². The summed E-state index contributed by atoms with van der Waals surface area (Å²) >= 11 is 15.4. The summed E-state index contributed by atoms with van der Waals surface area (Å²) in [5, 5.41) is 22.8. The number of carboxylic acids is 1. The molecule has 3 aromatic rings. The van der Waals surface area contributed by atoms with E-state index in [0.29, 0.717) is 21.3 Å². The van der Waals surface area contributed by atoms with Crippen LogP contribution in [0.3, 0.4) is 0 Å². The van der Waals surface area contributed by atoms with Gasteiger partial charge in [0.2, 0.25) is 0 Å². The number of carboxylic acid groups (broad SMARTS) is 1. The predicted octanol–water partition coefficient (Wildman–Crippen LogP) is 5.43. The highest BCUT2D eigenvalue weighted by atomic mass is 79.9. The van der Waals surface area contributed by atoms with Crippen LogP contribution in [-0.4, -0.2) is 40.6 Å². The number of aliphatic carboxylic acids is 1. The van der Waals surface area contributed by atoms with Crippen LogP contribution in [0.25, 0.3) is 0 Å². The van der Waals surface area contributed by atoms with E-state index in [1.54, 1.807) is 73.7 Å². The summed E-state index contributed by atoms with van der Waals surface area (Å²) in [7, 11) is 0. The van der Waals surface area contributed by atoms with Gasteiger partial charge in [-0.25, -0.2) is 4.79 Å². The van der Waals surface area contributed by atoms with E-state index >= 15 is 0 Å². The first-order chi connectivity index (χ1) is 16.7. The number of carbonyl (C=O) groups excluding carboxylic acids is 2. The Morgan fingerprint density at radius 1 is 0.914 bits per heavy atom. The summed E-state index contributed by atoms with van der Waals surface area (Å²) in [6, 6.07) is 17.0. The second-order valence-corrected chi connectivity index (χ2v) is 8.78. The van der Waals surface area contributed by atoms with Crippen LogP contribution in [0.4, 0.5) is 5.69 Å². The molecule has 0 fully saturated rings. The second-order valence-electron chi connectivity index (χ2n) is 7.11. The fourth-order valence-corrected chi connectivity index (χ4v) is 3.98. The van der Waals surface area contributed by atoms with Gasteiger partial charge in [-0.3, -0.25) is 9.59 Å². The number of aliphatic hydroxyl groups is 1. The molecule has 0 saturated heterocycles. The molecule has 7 nitrogen and oxygen atoms in total. The maximum Gasteiger partial charge on any atom is 0.326 e. The quantitative estimate of drug-likeness (QED) is 0.297. The highest BCUT2D eigenvalue weighted by molar-refractivity contribution is 9.10. The van der Waals surface area contributed by atoms with Gasteiger partial charge in [0.05, 0.1) is 21.2 Å². The zero-order valence-electron chi connectivity index (χ0n) is 18.6. The SMILES string of the molecule is CCO.O=C(N[C@@H](Cc1ccc(NC(=O)c2c(Cl)cccc2Cl)cc1)C(=O)O)c1ccccc1Br. The molecular formula is C25H23BrCl2N2O5. The molecule has 0 aliphatic carbocycles. The van der Waals surface area contributed by atoms with E-state index < -0.39 is 23.8 Å². The normalized spacial score (nSPS) is 11.0. The lowest BCUT2D eigenvalue weighted by molar-refractivity contribution is -0.139. The summed E-state index contributed by atoms with van der Waals surface area (Å²) in [5.41, 5.74) is 1.66. The highest BCUT2D eigenvalue weighted by Crippen LogP contribution is 2.25. The Hall–Kier alpha value is -2.91. The Balaban J connectivity index is 0.00000137. The number of anilines is 1. The molecule has 0 aromatic heterocycles. The van der Waals surface area contributed by atoms with E-state index in [1.807, 2.05) is 0 Å². The van der Waals surface area contributed by atoms with Gasteiger partial charge in [-0.05, 0) is 64.8 Å². The number of carbonyl (C=O) groups is 3. The molecule has 0 saturated carbocycles. The molecular weight excluding hydrogens is 559 g/mol. The Kier molecular flexibility index (Phi) is 11.2. The van der Waals surface area contributed by atoms with Crippen molar-refractivity contribution >= 4 is 62.6 Å². The summed E-state index contributed by atoms with van der Waals surface area (Å²) in [6.45, 7) is 1.93. The molecule has 184 valence electrons. The van der Waals surface area contributed by atoms with Gasteiger partial charge in [0.25, 0.3) is 11.8 Å². The lowest BCUT2D eigenvalue weighted by Crippen LogP contribution is -2.42. The van der Waals surface area contributed by atoms with E-state index in [-0.39, 0.29) is 28.6 Å². The third kappa shape index (κ3) is 8.36. The third-order valence-electron chi connectivity index (χ3n) is 4.56. The summed E-state index contributed by atoms with van der Waals surface area (Å²) in [5.74, 6) is -2.11. The molecule has 10 heteroatoms. The van der Waals surface area contributed by atoms with Crippen molar-refractivity contribution in [2.45, 2.75) is 19.4 Å². The van der Waals surface area contributed by atoms with Crippen molar-refractivity contribution in [2.75, 3.05) is 11.9 Å². The Labute approximate surface area is 221 Å². The van der Waals surface area contributed by atoms with Crippen LogP contribution in [0.5, 0.6) is 0 Å². The number of benzene rings is 3. The molecule has 4 N–H and O–H groups in total. The molecule has 1 atom stereocenters. The molecule has 3 rings (SSSR count). The van der Waals surface area contributed by atoms with Crippen LogP contribution in [0.15, 0.2) is 71.2 Å². The van der Waals surface area contributed by atoms with Gasteiger partial charge in [0.15, 0.2) is 0 Å². The van der Waals surface area contributed by atoms with Gasteiger partial charge in [0.1, 0.15) is 6.04 Å². The number of halogens is 3. The maximum atomic E-state index is 12.5. The van der Waals surface area contributed by atoms with Crippen LogP contribution in [0, 0.1) is 0 Å². The molecule has 2 amide bonds. The minimum atomic E-state index is -1.16. The van der Waals surface area contributed by atoms with Crippen LogP contribution in [0.2, 0.25) is 10.0 Å². The Morgan fingerprint density at radius 3 is 2.03 bits per heavy atom.